The van der Waals surface area contributed by atoms with Crippen molar-refractivity contribution < 1.29 is 0 Å². The molecule has 0 radical (unpaired) electrons. The number of hydrogen-bond acceptors (Lipinski definition) is 1. The molecule has 0 bridgehead atoms. The van der Waals surface area contributed by atoms with Gasteiger partial charge in [-0.3, -0.25) is 4.99 Å². The summed E-state index contributed by atoms with van der Waals surface area (Å²) in [6, 6.07) is 48.5. The lowest BCUT2D eigenvalue weighted by Crippen LogP contribution is -2.09. The van der Waals surface area contributed by atoms with E-state index in [2.05, 4.69) is 215 Å². The first-order valence-corrected chi connectivity index (χ1v) is 25.4. The molecular formula is C68H59N. The van der Waals surface area contributed by atoms with Gasteiger partial charge in [-0.25, -0.2) is 0 Å². The summed E-state index contributed by atoms with van der Waals surface area (Å²) in [5, 5.41) is 5.23. The molecule has 1 nitrogen and oxygen atoms in total. The zero-order valence-electron chi connectivity index (χ0n) is 40.2. The molecule has 2 atom stereocenters. The van der Waals surface area contributed by atoms with Crippen molar-refractivity contribution in [3.05, 3.63) is 244 Å². The minimum absolute atomic E-state index is 0.238. The standard InChI is InChI=1S/C68H59N/c1-44-15-4-10-23-59(44)64-42-56(35-37-60(64)46(3)69-66-26-13-5-16-45(66)2)53-21-14-22-54(40-53)57-36-38-63-65(43-57)68(58-34-30-48-18-7-9-20-52(48)41-58)62-25-12-11-24-61(62)67(63)50-31-27-49(28-32-50)55-33-29-47-17-6-8-19-51(47)39-55/h4-9,11,13-16,18-21,24,26-28,30-32,34-43,47,54H,10,12,17,22-23,25,29,33H2,1-3H3/t47-,54-/m1/s1. The molecule has 0 aromatic heterocycles. The third-order valence-corrected chi connectivity index (χ3v) is 15.7. The molecule has 0 aliphatic heterocycles. The molecule has 69 heavy (non-hydrogen) atoms. The number of fused-ring (bicyclic) bond motifs is 4. The Labute approximate surface area is 408 Å². The van der Waals surface area contributed by atoms with Crippen LogP contribution in [0.3, 0.4) is 0 Å². The third kappa shape index (κ3) is 8.19. The molecule has 0 amide bonds. The van der Waals surface area contributed by atoms with Crippen LogP contribution in [0.2, 0.25) is 0 Å². The molecule has 0 fully saturated rings. The molecule has 0 saturated carbocycles. The van der Waals surface area contributed by atoms with Crippen LogP contribution in [0.1, 0.15) is 109 Å². The SMILES string of the molecule is CC(=Nc1ccccc1C)c1ccc(C2=C[C@H](c3ccc4c(-c5ccc(C6=CC7=CC=CC[C@@H]7CC6)cc5)c5c(c(-c6ccc7ccccc7c6)c4c3)CCC=C5)CC=C2)cc1C1=C(C)C=CCC1. The van der Waals surface area contributed by atoms with E-state index in [0.29, 0.717) is 5.92 Å². The molecule has 0 N–H and O–H groups in total. The molecule has 336 valence electrons. The average molecular weight is 890 g/mol. The van der Waals surface area contributed by atoms with Crippen LogP contribution in [0.5, 0.6) is 0 Å². The Morgan fingerprint density at radius 2 is 1.41 bits per heavy atom. The Hall–Kier alpha value is -7.35. The first kappa shape index (κ1) is 43.0. The van der Waals surface area contributed by atoms with Crippen molar-refractivity contribution in [2.75, 3.05) is 0 Å². The van der Waals surface area contributed by atoms with E-state index in [4.69, 9.17) is 4.99 Å². The van der Waals surface area contributed by atoms with E-state index in [1.54, 1.807) is 0 Å². The first-order chi connectivity index (χ1) is 33.9. The van der Waals surface area contributed by atoms with Gasteiger partial charge in [0.05, 0.1) is 5.69 Å². The van der Waals surface area contributed by atoms with Gasteiger partial charge in [0.15, 0.2) is 0 Å². The summed E-state index contributed by atoms with van der Waals surface area (Å²) in [5.74, 6) is 0.910. The Bertz CT molecular complexity index is 3510. The Kier molecular flexibility index (Phi) is 11.4. The number of para-hydroxylation sites is 1. The molecule has 0 saturated heterocycles. The predicted octanol–water partition coefficient (Wildman–Crippen LogP) is 18.7. The number of aliphatic imine (C=N–C) groups is 1. The zero-order valence-corrected chi connectivity index (χ0v) is 40.2. The van der Waals surface area contributed by atoms with E-state index in [0.717, 1.165) is 49.9 Å². The normalized spacial score (nSPS) is 18.8. The van der Waals surface area contributed by atoms with Crippen LogP contribution in [0.15, 0.2) is 204 Å². The monoisotopic (exact) mass is 889 g/mol. The van der Waals surface area contributed by atoms with Gasteiger partial charge in [0.25, 0.3) is 0 Å². The summed E-state index contributed by atoms with van der Waals surface area (Å²) < 4.78 is 0. The minimum Gasteiger partial charge on any atom is -0.253 e. The molecule has 0 heterocycles. The summed E-state index contributed by atoms with van der Waals surface area (Å²) in [4.78, 5) is 5.20. The number of rotatable bonds is 8. The fraction of sp³-hybridized carbons (Fsp3) is 0.191. The van der Waals surface area contributed by atoms with Crippen molar-refractivity contribution in [3.8, 4) is 22.3 Å². The number of hydrogen-bond donors (Lipinski definition) is 0. The molecule has 12 rings (SSSR count). The van der Waals surface area contributed by atoms with Crippen LogP contribution in [0.25, 0.3) is 66.6 Å². The highest BCUT2D eigenvalue weighted by molar-refractivity contribution is 6.11. The van der Waals surface area contributed by atoms with E-state index >= 15 is 0 Å². The Balaban J connectivity index is 0.980. The molecular weight excluding hydrogens is 831 g/mol. The predicted molar refractivity (Wildman–Crippen MR) is 297 cm³/mol. The fourth-order valence-corrected chi connectivity index (χ4v) is 12.0. The molecule has 1 heteroatoms. The van der Waals surface area contributed by atoms with Crippen molar-refractivity contribution in [2.24, 2.45) is 10.9 Å². The summed E-state index contributed by atoms with van der Waals surface area (Å²) in [6.07, 6.45) is 34.7. The third-order valence-electron chi connectivity index (χ3n) is 15.7. The highest BCUT2D eigenvalue weighted by atomic mass is 14.7. The van der Waals surface area contributed by atoms with Gasteiger partial charge in [-0.2, -0.15) is 0 Å². The van der Waals surface area contributed by atoms with Crippen molar-refractivity contribution in [1.29, 1.82) is 0 Å². The van der Waals surface area contributed by atoms with E-state index < -0.39 is 0 Å². The van der Waals surface area contributed by atoms with Gasteiger partial charge in [-0.15, -0.1) is 0 Å². The second-order valence-corrected chi connectivity index (χ2v) is 20.0. The first-order valence-electron chi connectivity index (χ1n) is 25.4. The highest BCUT2D eigenvalue weighted by Crippen LogP contribution is 2.47. The van der Waals surface area contributed by atoms with Crippen LogP contribution in [0, 0.1) is 12.8 Å². The van der Waals surface area contributed by atoms with E-state index in [1.165, 1.54) is 129 Å². The Morgan fingerprint density at radius 1 is 0.609 bits per heavy atom. The summed E-state index contributed by atoms with van der Waals surface area (Å²) in [6.45, 7) is 6.58. The molecule has 7 aromatic rings. The van der Waals surface area contributed by atoms with Crippen LogP contribution in [-0.2, 0) is 6.42 Å². The van der Waals surface area contributed by atoms with E-state index in [1.807, 2.05) is 0 Å². The highest BCUT2D eigenvalue weighted by Gasteiger charge is 2.25. The van der Waals surface area contributed by atoms with Gasteiger partial charge in [-0.05, 0) is 213 Å². The summed E-state index contributed by atoms with van der Waals surface area (Å²) in [5.41, 5.74) is 24.9. The smallest absolute Gasteiger partial charge is 0.0662 e. The molecule has 0 spiro atoms. The average Bonchev–Trinajstić information content (AvgIpc) is 3.40. The maximum atomic E-state index is 5.20. The van der Waals surface area contributed by atoms with Crippen molar-refractivity contribution >= 4 is 55.7 Å². The van der Waals surface area contributed by atoms with Gasteiger partial charge in [0.2, 0.25) is 0 Å². The second-order valence-electron chi connectivity index (χ2n) is 20.0. The van der Waals surface area contributed by atoms with Crippen molar-refractivity contribution in [2.45, 2.75) is 78.1 Å². The topological polar surface area (TPSA) is 12.4 Å². The second kappa shape index (κ2) is 18.3. The van der Waals surface area contributed by atoms with Crippen molar-refractivity contribution in [1.82, 2.24) is 0 Å². The largest absolute Gasteiger partial charge is 0.253 e. The van der Waals surface area contributed by atoms with Gasteiger partial charge >= 0.3 is 0 Å². The van der Waals surface area contributed by atoms with Gasteiger partial charge in [0, 0.05) is 17.2 Å². The molecule has 0 unspecified atom stereocenters. The van der Waals surface area contributed by atoms with Crippen LogP contribution >= 0.6 is 0 Å². The lowest BCUT2D eigenvalue weighted by atomic mass is 9.78. The number of nitrogens with zero attached hydrogens (tertiary/aromatic N) is 1. The molecule has 7 aromatic carbocycles. The Morgan fingerprint density at radius 3 is 2.29 bits per heavy atom. The van der Waals surface area contributed by atoms with Gasteiger partial charge < -0.3 is 0 Å². The molecule has 5 aliphatic carbocycles. The van der Waals surface area contributed by atoms with Crippen LogP contribution < -0.4 is 0 Å². The number of aryl methyl sites for hydroxylation is 1. The quantitative estimate of drug-likeness (QED) is 0.135. The van der Waals surface area contributed by atoms with Gasteiger partial charge in [-0.1, -0.05) is 170 Å². The maximum absolute atomic E-state index is 5.20. The number of allylic oxidation sites excluding steroid dienone is 15. The lowest BCUT2D eigenvalue weighted by Gasteiger charge is -2.26. The number of benzene rings is 7. The van der Waals surface area contributed by atoms with E-state index in [-0.39, 0.29) is 5.92 Å². The summed E-state index contributed by atoms with van der Waals surface area (Å²) >= 11 is 0. The van der Waals surface area contributed by atoms with Crippen LogP contribution in [0.4, 0.5) is 5.69 Å². The lowest BCUT2D eigenvalue weighted by molar-refractivity contribution is 0.572. The maximum Gasteiger partial charge on any atom is 0.0662 e. The zero-order chi connectivity index (χ0) is 46.4. The fourth-order valence-electron chi connectivity index (χ4n) is 12.0. The van der Waals surface area contributed by atoms with E-state index in [9.17, 15) is 0 Å². The van der Waals surface area contributed by atoms with Crippen molar-refractivity contribution in [3.63, 3.8) is 0 Å². The van der Waals surface area contributed by atoms with Gasteiger partial charge in [0.1, 0.15) is 0 Å². The summed E-state index contributed by atoms with van der Waals surface area (Å²) in [7, 11) is 0. The minimum atomic E-state index is 0.238. The van der Waals surface area contributed by atoms with Crippen LogP contribution in [-0.4, -0.2) is 5.71 Å². The molecule has 5 aliphatic rings.